The third-order valence-corrected chi connectivity index (χ3v) is 23.5. The van der Waals surface area contributed by atoms with Crippen LogP contribution in [0.5, 0.6) is 0 Å². The first-order valence-corrected chi connectivity index (χ1v) is 31.6. The molecule has 6 unspecified atom stereocenters. The highest BCUT2D eigenvalue weighted by Gasteiger charge is 2.46. The molecule has 2 aromatic carbocycles. The minimum Gasteiger partial charge on any atom is -0.411 e. The third-order valence-electron chi connectivity index (χ3n) is 14.3. The van der Waals surface area contributed by atoms with Crippen LogP contribution in [0.3, 0.4) is 0 Å². The van der Waals surface area contributed by atoms with Gasteiger partial charge >= 0.3 is 11.4 Å². The Bertz CT molecular complexity index is 2610. The molecule has 2 saturated heterocycles. The summed E-state index contributed by atoms with van der Waals surface area (Å²) in [5.74, 6) is -0.642. The second kappa shape index (κ2) is 26.7. The summed E-state index contributed by atoms with van der Waals surface area (Å²) in [7, 11) is -3.96. The molecule has 4 heterocycles. The Morgan fingerprint density at radius 3 is 1.43 bits per heavy atom. The van der Waals surface area contributed by atoms with E-state index < -0.39 is 57.2 Å². The second-order valence-corrected chi connectivity index (χ2v) is 31.3. The van der Waals surface area contributed by atoms with Gasteiger partial charge in [-0.15, -0.1) is 0 Å². The lowest BCUT2D eigenvalue weighted by Crippen LogP contribution is -2.46. The molecule has 0 spiro atoms. The summed E-state index contributed by atoms with van der Waals surface area (Å²) < 4.78 is 29.0. The molecule has 0 saturated carbocycles. The normalized spacial score (nSPS) is 20.2. The zero-order valence-corrected chi connectivity index (χ0v) is 48.8. The lowest BCUT2D eigenvalue weighted by molar-refractivity contribution is -0.0202. The highest BCUT2D eigenvalue weighted by atomic mass is 35.5. The Morgan fingerprint density at radius 2 is 1.07 bits per heavy atom. The van der Waals surface area contributed by atoms with E-state index in [1.54, 1.807) is 74.6 Å². The van der Waals surface area contributed by atoms with E-state index in [2.05, 4.69) is 105 Å². The molecule has 0 amide bonds. The van der Waals surface area contributed by atoms with Crippen molar-refractivity contribution >= 4 is 39.4 Å². The highest BCUT2D eigenvalue weighted by molar-refractivity contribution is 6.74. The van der Waals surface area contributed by atoms with Crippen LogP contribution in [0.25, 0.3) is 0 Å². The molecule has 0 radical (unpaired) electrons. The van der Waals surface area contributed by atoms with Crippen molar-refractivity contribution in [2.75, 3.05) is 19.6 Å². The van der Waals surface area contributed by atoms with Gasteiger partial charge in [0.25, 0.3) is 22.3 Å². The average Bonchev–Trinajstić information content (AvgIpc) is 3.92. The molecule has 4 aromatic rings. The van der Waals surface area contributed by atoms with Gasteiger partial charge in [0.2, 0.25) is 0 Å². The summed E-state index contributed by atoms with van der Waals surface area (Å²) in [4.78, 5) is 77.8. The molecule has 72 heavy (non-hydrogen) atoms. The first kappa shape index (κ1) is 62.0. The van der Waals surface area contributed by atoms with Crippen molar-refractivity contribution in [1.82, 2.24) is 23.6 Å². The number of aromatic amines is 1. The van der Waals surface area contributed by atoms with Gasteiger partial charge in [0.1, 0.15) is 12.5 Å². The Kier molecular flexibility index (Phi) is 23.0. The molecular formula is C54H84ClN5O10Si2. The van der Waals surface area contributed by atoms with Gasteiger partial charge < -0.3 is 23.2 Å². The highest BCUT2D eigenvalue weighted by Crippen LogP contribution is 2.43. The first-order chi connectivity index (χ1) is 33.5. The number of rotatable bonds is 13. The number of aromatic nitrogens is 4. The maximum absolute atomic E-state index is 13.3. The predicted molar refractivity (Wildman–Crippen MR) is 294 cm³/mol. The third kappa shape index (κ3) is 16.3. The molecule has 15 nitrogen and oxygen atoms in total. The Labute approximate surface area is 434 Å². The Morgan fingerprint density at radius 1 is 0.667 bits per heavy atom. The molecule has 2 aliphatic rings. The van der Waals surface area contributed by atoms with Crippen LogP contribution in [0.1, 0.15) is 146 Å². The number of benzene rings is 2. The van der Waals surface area contributed by atoms with Crippen LogP contribution in [0, 0.1) is 13.8 Å². The number of nitrogens with zero attached hydrogens (tertiary/aromatic N) is 4. The number of carbonyl (C=O) groups is 2. The van der Waals surface area contributed by atoms with E-state index in [0.29, 0.717) is 34.1 Å². The van der Waals surface area contributed by atoms with Crippen LogP contribution >= 0.6 is 11.6 Å². The lowest BCUT2D eigenvalue weighted by atomic mass is 10.1. The molecule has 1 N–H and O–H groups in total. The standard InChI is InChI=1S/C24H34N2O5Si.C17H30N2O4Si.C7H5ClO.C6H15N/c1-8-18-19(31-32(6,7)24(3,4)5)14-20(30-18)25-15-16(2)21(27)26(23(25)29)22(28)17-12-10-9-11-13-17;1-8-12-13(23-24(6,7)17(3,4)5)9-14(22-12)19-10-11(2)15(20)18-16(19)21;8-7(9)6-4-2-1-3-5-6;1-4-7(5-2)6-3/h9-13,15,18-20H,8,14H2,1-7H3;10,12-14H,8-9H2,1-7H3,(H,18,20,21);1-5H;4-6H2,1-3H3. The molecule has 0 bridgehead atoms. The fourth-order valence-corrected chi connectivity index (χ4v) is 10.5. The van der Waals surface area contributed by atoms with E-state index in [9.17, 15) is 28.8 Å². The van der Waals surface area contributed by atoms with Crippen LogP contribution in [0.4, 0.5) is 0 Å². The van der Waals surface area contributed by atoms with Gasteiger partial charge in [-0.3, -0.25) is 33.3 Å². The van der Waals surface area contributed by atoms with Gasteiger partial charge in [-0.2, -0.15) is 4.57 Å². The largest absolute Gasteiger partial charge is 0.411 e. The van der Waals surface area contributed by atoms with E-state index in [1.807, 2.05) is 13.0 Å². The number of halogens is 1. The van der Waals surface area contributed by atoms with E-state index in [-0.39, 0.29) is 45.6 Å². The zero-order chi connectivity index (χ0) is 54.5. The van der Waals surface area contributed by atoms with Gasteiger partial charge in [0.15, 0.2) is 16.6 Å². The maximum Gasteiger partial charge on any atom is 0.340 e. The van der Waals surface area contributed by atoms with Crippen molar-refractivity contribution in [1.29, 1.82) is 0 Å². The number of H-pyrrole nitrogens is 1. The Hall–Kier alpha value is -4.34. The summed E-state index contributed by atoms with van der Waals surface area (Å²) in [6, 6.07) is 17.1. The van der Waals surface area contributed by atoms with Gasteiger partial charge in [0, 0.05) is 47.5 Å². The van der Waals surface area contributed by atoms with Crippen molar-refractivity contribution in [3.8, 4) is 0 Å². The van der Waals surface area contributed by atoms with Crippen LogP contribution in [0.15, 0.2) is 92.2 Å². The lowest BCUT2D eigenvalue weighted by Gasteiger charge is -2.39. The molecule has 2 aliphatic heterocycles. The van der Waals surface area contributed by atoms with Crippen LogP contribution in [0.2, 0.25) is 36.3 Å². The van der Waals surface area contributed by atoms with Crippen LogP contribution in [-0.2, 0) is 18.3 Å². The average molecular weight is 1050 g/mol. The van der Waals surface area contributed by atoms with E-state index in [1.165, 1.54) is 35.0 Å². The Balaban J connectivity index is 0.000000297. The molecule has 2 aromatic heterocycles. The van der Waals surface area contributed by atoms with Gasteiger partial charge in [-0.25, -0.2) is 9.59 Å². The molecule has 6 rings (SSSR count). The molecule has 0 aliphatic carbocycles. The second-order valence-electron chi connectivity index (χ2n) is 21.4. The number of hydrogen-bond donors (Lipinski definition) is 1. The van der Waals surface area contributed by atoms with Crippen LogP contribution in [-0.4, -0.2) is 95.4 Å². The van der Waals surface area contributed by atoms with Crippen LogP contribution < -0.4 is 22.5 Å². The van der Waals surface area contributed by atoms with Crippen molar-refractivity contribution in [2.24, 2.45) is 0 Å². The van der Waals surface area contributed by atoms with E-state index in [0.717, 1.165) is 12.8 Å². The van der Waals surface area contributed by atoms with Gasteiger partial charge in [0.05, 0.1) is 24.4 Å². The fourth-order valence-electron chi connectivity index (χ4n) is 7.66. The molecule has 18 heteroatoms. The summed E-state index contributed by atoms with van der Waals surface area (Å²) in [6.07, 6.45) is 4.37. The summed E-state index contributed by atoms with van der Waals surface area (Å²) >= 11 is 5.16. The number of ether oxygens (including phenoxy) is 2. The van der Waals surface area contributed by atoms with Gasteiger partial charge in [-0.1, -0.05) is 125 Å². The SMILES string of the molecule is CCC1OC(n2cc(C)c(=O)[nH]c2=O)CC1O[Si](C)(C)C(C)(C)C.CCC1OC(n2cc(C)c(=O)n(C(=O)c3ccccc3)c2=O)CC1O[Si](C)(C)C(C)(C)C.CCN(CC)CC.O=C(Cl)c1ccccc1. The van der Waals surface area contributed by atoms with Crippen molar-refractivity contribution in [3.05, 3.63) is 137 Å². The van der Waals surface area contributed by atoms with Crippen molar-refractivity contribution in [2.45, 2.75) is 189 Å². The molecule has 6 atom stereocenters. The quantitative estimate of drug-likeness (QED) is 0.0997. The van der Waals surface area contributed by atoms with Crippen molar-refractivity contribution < 1.29 is 27.9 Å². The minimum absolute atomic E-state index is 0.0278. The minimum atomic E-state index is -2.04. The number of nitrogens with one attached hydrogen (secondary N) is 1. The van der Waals surface area contributed by atoms with Crippen molar-refractivity contribution in [3.63, 3.8) is 0 Å². The molecular weight excluding hydrogens is 970 g/mol. The summed E-state index contributed by atoms with van der Waals surface area (Å²) in [5.41, 5.74) is -0.462. The number of hydrogen-bond acceptors (Lipinski definition) is 11. The smallest absolute Gasteiger partial charge is 0.340 e. The molecule has 400 valence electrons. The van der Waals surface area contributed by atoms with E-state index in [4.69, 9.17) is 29.9 Å². The predicted octanol–water partition coefficient (Wildman–Crippen LogP) is 10.4. The first-order valence-electron chi connectivity index (χ1n) is 25.4. The zero-order valence-electron chi connectivity index (χ0n) is 46.1. The summed E-state index contributed by atoms with van der Waals surface area (Å²) in [5, 5.41) is -0.239. The topological polar surface area (TPSA) is 173 Å². The fraction of sp³-hybridized carbons (Fsp3) is 0.593. The number of aryl methyl sites for hydroxylation is 2. The number of carbonyl (C=O) groups excluding carboxylic acids is 2. The van der Waals surface area contributed by atoms with E-state index >= 15 is 0 Å². The summed E-state index contributed by atoms with van der Waals surface area (Å²) in [6.45, 7) is 39.5. The van der Waals surface area contributed by atoms with Gasteiger partial charge in [-0.05, 0) is 106 Å². The monoisotopic (exact) mass is 1050 g/mol. The molecule has 2 fully saturated rings. The maximum atomic E-state index is 13.3.